The van der Waals surface area contributed by atoms with Crippen molar-refractivity contribution in [2.75, 3.05) is 5.32 Å². The molecule has 0 aliphatic carbocycles. The third-order valence-electron chi connectivity index (χ3n) is 2.97. The number of nitriles is 3. The molecule has 122 valence electrons. The number of allylic oxidation sites excluding steroid dienone is 2. The fraction of sp³-hybridized carbons (Fsp3) is 0.0588. The molecule has 1 heterocycles. The largest absolute Gasteiger partial charge is 0.483 e. The van der Waals surface area contributed by atoms with Crippen LogP contribution >= 0.6 is 0 Å². The van der Waals surface area contributed by atoms with E-state index >= 15 is 0 Å². The summed E-state index contributed by atoms with van der Waals surface area (Å²) in [5.41, 5.74) is -0.186. The zero-order valence-corrected chi connectivity index (χ0v) is 12.7. The number of carboxylic acids is 1. The smallest absolute Gasteiger partial charge is 0.371 e. The van der Waals surface area contributed by atoms with Crippen LogP contribution in [-0.2, 0) is 6.61 Å². The van der Waals surface area contributed by atoms with Crippen LogP contribution in [0.5, 0.6) is 5.75 Å². The predicted molar refractivity (Wildman–Crippen MR) is 83.9 cm³/mol. The maximum Gasteiger partial charge on any atom is 0.371 e. The highest BCUT2D eigenvalue weighted by Gasteiger charge is 2.12. The average Bonchev–Trinajstić information content (AvgIpc) is 3.10. The number of rotatable bonds is 6. The molecular formula is C17H10N4O4. The van der Waals surface area contributed by atoms with Crippen molar-refractivity contribution in [2.45, 2.75) is 6.61 Å². The average molecular weight is 334 g/mol. The Labute approximate surface area is 142 Å². The van der Waals surface area contributed by atoms with Crippen molar-refractivity contribution in [2.24, 2.45) is 0 Å². The van der Waals surface area contributed by atoms with E-state index in [1.807, 2.05) is 0 Å². The first-order valence-electron chi connectivity index (χ1n) is 6.84. The van der Waals surface area contributed by atoms with E-state index in [2.05, 4.69) is 5.32 Å². The molecule has 0 saturated carbocycles. The number of ether oxygens (including phenoxy) is 1. The summed E-state index contributed by atoms with van der Waals surface area (Å²) in [5, 5.41) is 38.3. The van der Waals surface area contributed by atoms with E-state index in [0.717, 1.165) is 0 Å². The molecule has 0 aliphatic heterocycles. The van der Waals surface area contributed by atoms with E-state index in [4.69, 9.17) is 30.0 Å². The van der Waals surface area contributed by atoms with E-state index in [1.165, 1.54) is 12.1 Å². The molecule has 0 saturated heterocycles. The second-order valence-corrected chi connectivity index (χ2v) is 4.57. The molecule has 8 heteroatoms. The number of hydrogen-bond donors (Lipinski definition) is 2. The maximum atomic E-state index is 10.8. The van der Waals surface area contributed by atoms with Gasteiger partial charge in [0.05, 0.1) is 5.69 Å². The number of nitrogens with one attached hydrogen (secondary N) is 1. The summed E-state index contributed by atoms with van der Waals surface area (Å²) in [6.45, 7) is -0.0407. The molecule has 25 heavy (non-hydrogen) atoms. The molecule has 0 radical (unpaired) electrons. The topological polar surface area (TPSA) is 143 Å². The highest BCUT2D eigenvalue weighted by atomic mass is 16.5. The zero-order chi connectivity index (χ0) is 18.2. The van der Waals surface area contributed by atoms with Crippen LogP contribution in [0.3, 0.4) is 0 Å². The van der Waals surface area contributed by atoms with Crippen LogP contribution in [0, 0.1) is 34.0 Å². The third kappa shape index (κ3) is 4.16. The molecule has 1 aromatic heterocycles. The molecule has 0 unspecified atom stereocenters. The number of carbonyl (C=O) groups is 1. The van der Waals surface area contributed by atoms with Crippen molar-refractivity contribution >= 4 is 11.7 Å². The normalized spacial score (nSPS) is 9.16. The lowest BCUT2D eigenvalue weighted by Gasteiger charge is -2.11. The van der Waals surface area contributed by atoms with Gasteiger partial charge in [0.15, 0.2) is 5.57 Å². The second kappa shape index (κ2) is 7.87. The van der Waals surface area contributed by atoms with Crippen molar-refractivity contribution in [1.29, 1.82) is 15.8 Å². The number of para-hydroxylation sites is 2. The number of carboxylic acid groups (broad SMARTS) is 1. The quantitative estimate of drug-likeness (QED) is 0.767. The Bertz CT molecular complexity index is 938. The predicted octanol–water partition coefficient (Wildman–Crippen LogP) is 2.79. The molecule has 2 aromatic rings. The fourth-order valence-electron chi connectivity index (χ4n) is 1.83. The van der Waals surface area contributed by atoms with Gasteiger partial charge in [0, 0.05) is 0 Å². The van der Waals surface area contributed by atoms with Gasteiger partial charge in [-0.2, -0.15) is 15.8 Å². The highest BCUT2D eigenvalue weighted by molar-refractivity contribution is 5.84. The molecule has 0 amide bonds. The van der Waals surface area contributed by atoms with Gasteiger partial charge in [-0.05, 0) is 24.3 Å². The van der Waals surface area contributed by atoms with Gasteiger partial charge in [0.1, 0.15) is 42.0 Å². The van der Waals surface area contributed by atoms with Gasteiger partial charge in [-0.3, -0.25) is 0 Å². The Morgan fingerprint density at radius 3 is 2.44 bits per heavy atom. The Morgan fingerprint density at radius 2 is 1.84 bits per heavy atom. The van der Waals surface area contributed by atoms with E-state index in [0.29, 0.717) is 17.2 Å². The molecule has 1 aromatic carbocycles. The lowest BCUT2D eigenvalue weighted by atomic mass is 10.2. The van der Waals surface area contributed by atoms with Crippen LogP contribution in [0.1, 0.15) is 16.3 Å². The van der Waals surface area contributed by atoms with E-state index < -0.39 is 5.97 Å². The third-order valence-corrected chi connectivity index (χ3v) is 2.97. The van der Waals surface area contributed by atoms with Gasteiger partial charge in [0.2, 0.25) is 5.76 Å². The standard InChI is InChI=1S/C17H10N4O4/c18-7-11(8-19)14(9-20)21-13-3-1-2-4-15(13)24-10-12-5-6-16(25-12)17(22)23/h1-6,21H,10H2,(H,22,23). The fourth-order valence-corrected chi connectivity index (χ4v) is 1.83. The van der Waals surface area contributed by atoms with Crippen molar-refractivity contribution in [3.05, 3.63) is 59.2 Å². The van der Waals surface area contributed by atoms with E-state index in [9.17, 15) is 4.79 Å². The number of benzene rings is 1. The van der Waals surface area contributed by atoms with Crippen molar-refractivity contribution in [1.82, 2.24) is 0 Å². The van der Waals surface area contributed by atoms with Crippen LogP contribution < -0.4 is 10.1 Å². The molecule has 2 N–H and O–H groups in total. The van der Waals surface area contributed by atoms with Crippen LogP contribution in [0.15, 0.2) is 52.1 Å². The number of nitrogens with zero attached hydrogens (tertiary/aromatic N) is 3. The summed E-state index contributed by atoms with van der Waals surface area (Å²) in [4.78, 5) is 10.8. The van der Waals surface area contributed by atoms with Crippen LogP contribution in [0.4, 0.5) is 5.69 Å². The Balaban J connectivity index is 2.19. The Hall–Kier alpha value is -4.22. The molecule has 0 aliphatic rings. The number of anilines is 1. The monoisotopic (exact) mass is 334 g/mol. The summed E-state index contributed by atoms with van der Waals surface area (Å²) in [6, 6.07) is 14.4. The van der Waals surface area contributed by atoms with Gasteiger partial charge >= 0.3 is 5.97 Å². The molecular weight excluding hydrogens is 324 g/mol. The summed E-state index contributed by atoms with van der Waals surface area (Å²) in [6.07, 6.45) is 0. The minimum Gasteiger partial charge on any atom is -0.483 e. The highest BCUT2D eigenvalue weighted by Crippen LogP contribution is 2.26. The van der Waals surface area contributed by atoms with Crippen molar-refractivity contribution in [3.63, 3.8) is 0 Å². The molecule has 0 fully saturated rings. The van der Waals surface area contributed by atoms with Crippen LogP contribution in [0.2, 0.25) is 0 Å². The van der Waals surface area contributed by atoms with E-state index in [-0.39, 0.29) is 23.6 Å². The summed E-state index contributed by atoms with van der Waals surface area (Å²) < 4.78 is 10.7. The van der Waals surface area contributed by atoms with Gasteiger partial charge < -0.3 is 19.6 Å². The number of furan rings is 1. The first-order chi connectivity index (χ1) is 12.1. The second-order valence-electron chi connectivity index (χ2n) is 4.57. The SMILES string of the molecule is N#CC(C#N)=C(C#N)Nc1ccccc1OCc1ccc(C(=O)O)o1. The first kappa shape index (κ1) is 17.1. The lowest BCUT2D eigenvalue weighted by Crippen LogP contribution is -2.03. The van der Waals surface area contributed by atoms with Gasteiger partial charge in [-0.15, -0.1) is 0 Å². The molecule has 8 nitrogen and oxygen atoms in total. The van der Waals surface area contributed by atoms with Crippen molar-refractivity contribution < 1.29 is 19.1 Å². The van der Waals surface area contributed by atoms with Gasteiger partial charge in [0.25, 0.3) is 0 Å². The maximum absolute atomic E-state index is 10.8. The molecule has 0 spiro atoms. The number of aromatic carboxylic acids is 1. The van der Waals surface area contributed by atoms with Crippen molar-refractivity contribution in [3.8, 4) is 24.0 Å². The van der Waals surface area contributed by atoms with Crippen LogP contribution in [0.25, 0.3) is 0 Å². The Morgan fingerprint density at radius 1 is 1.12 bits per heavy atom. The summed E-state index contributed by atoms with van der Waals surface area (Å²) >= 11 is 0. The minimum atomic E-state index is -1.18. The lowest BCUT2D eigenvalue weighted by molar-refractivity contribution is 0.0658. The van der Waals surface area contributed by atoms with Gasteiger partial charge in [-0.1, -0.05) is 12.1 Å². The Kier molecular flexibility index (Phi) is 5.39. The van der Waals surface area contributed by atoms with Gasteiger partial charge in [-0.25, -0.2) is 4.79 Å². The van der Waals surface area contributed by atoms with Crippen LogP contribution in [-0.4, -0.2) is 11.1 Å². The molecule has 2 rings (SSSR count). The summed E-state index contributed by atoms with van der Waals surface area (Å²) in [5.74, 6) is -0.748. The first-order valence-corrected chi connectivity index (χ1v) is 6.84. The van der Waals surface area contributed by atoms with E-state index in [1.54, 1.807) is 42.5 Å². The minimum absolute atomic E-state index is 0.0407. The molecule has 0 bridgehead atoms. The molecule has 0 atom stereocenters. The summed E-state index contributed by atoms with van der Waals surface area (Å²) in [7, 11) is 0. The zero-order valence-electron chi connectivity index (χ0n) is 12.7. The number of hydrogen-bond acceptors (Lipinski definition) is 7.